The zero-order valence-electron chi connectivity index (χ0n) is 13.4. The van der Waals surface area contributed by atoms with Crippen molar-refractivity contribution in [2.75, 3.05) is 0 Å². The minimum absolute atomic E-state index is 0.0185. The molecule has 0 aliphatic carbocycles. The molecule has 25 heavy (non-hydrogen) atoms. The average Bonchev–Trinajstić information content (AvgIpc) is 3.06. The van der Waals surface area contributed by atoms with Gasteiger partial charge in [-0.25, -0.2) is 0 Å². The van der Waals surface area contributed by atoms with Gasteiger partial charge in [-0.2, -0.15) is 14.0 Å². The number of carbonyl (C=O) groups is 1. The van der Waals surface area contributed by atoms with Gasteiger partial charge in [0.25, 0.3) is 11.7 Å². The van der Waals surface area contributed by atoms with Crippen LogP contribution in [-0.4, -0.2) is 11.7 Å². The molecular formula is C18H16F2N2O2S. The van der Waals surface area contributed by atoms with Crippen molar-refractivity contribution in [2.24, 2.45) is 0 Å². The van der Waals surface area contributed by atoms with Crippen molar-refractivity contribution in [3.8, 4) is 6.07 Å². The van der Waals surface area contributed by atoms with E-state index in [4.69, 9.17) is 4.42 Å². The van der Waals surface area contributed by atoms with Gasteiger partial charge < -0.3 is 9.73 Å². The van der Waals surface area contributed by atoms with Crippen molar-refractivity contribution >= 4 is 23.7 Å². The average molecular weight is 362 g/mol. The highest BCUT2D eigenvalue weighted by molar-refractivity contribution is 7.98. The van der Waals surface area contributed by atoms with Gasteiger partial charge in [-0.3, -0.25) is 4.79 Å². The van der Waals surface area contributed by atoms with E-state index in [2.05, 4.69) is 5.32 Å². The maximum absolute atomic E-state index is 12.2. The van der Waals surface area contributed by atoms with E-state index in [0.29, 0.717) is 17.5 Å². The summed E-state index contributed by atoms with van der Waals surface area (Å²) >= 11 is 0.443. The fraction of sp³-hybridized carbons (Fsp3) is 0.222. The van der Waals surface area contributed by atoms with Gasteiger partial charge in [0.15, 0.2) is 0 Å². The first-order valence-corrected chi connectivity index (χ1v) is 8.50. The second-order valence-electron chi connectivity index (χ2n) is 5.15. The predicted octanol–water partition coefficient (Wildman–Crippen LogP) is 4.52. The van der Waals surface area contributed by atoms with Crippen LogP contribution in [0.4, 0.5) is 8.78 Å². The molecule has 2 rings (SSSR count). The summed E-state index contributed by atoms with van der Waals surface area (Å²) in [6.45, 7) is 1.81. The molecule has 4 nitrogen and oxygen atoms in total. The van der Waals surface area contributed by atoms with Gasteiger partial charge in [0.1, 0.15) is 23.2 Å². The number of hydrogen-bond donors (Lipinski definition) is 1. The second kappa shape index (κ2) is 9.04. The third-order valence-corrected chi connectivity index (χ3v) is 4.04. The largest absolute Gasteiger partial charge is 0.461 e. The molecule has 0 unspecified atom stereocenters. The van der Waals surface area contributed by atoms with E-state index < -0.39 is 11.7 Å². The van der Waals surface area contributed by atoms with Crippen molar-refractivity contribution in [2.45, 2.75) is 24.5 Å². The Bertz CT molecular complexity index is 782. The Hall–Kier alpha value is -2.59. The van der Waals surface area contributed by atoms with E-state index in [-0.39, 0.29) is 23.1 Å². The van der Waals surface area contributed by atoms with E-state index in [0.717, 1.165) is 5.56 Å². The molecule has 1 N–H and O–H groups in total. The number of furan rings is 1. The lowest BCUT2D eigenvalue weighted by Gasteiger charge is -2.13. The number of carbonyl (C=O) groups excluding carboxylic acids is 1. The van der Waals surface area contributed by atoms with Crippen LogP contribution in [0.15, 0.2) is 52.5 Å². The van der Waals surface area contributed by atoms with Crippen LogP contribution in [0.3, 0.4) is 0 Å². The van der Waals surface area contributed by atoms with Crippen LogP contribution < -0.4 is 5.32 Å². The van der Waals surface area contributed by atoms with E-state index in [9.17, 15) is 18.8 Å². The summed E-state index contributed by atoms with van der Waals surface area (Å²) in [5.41, 5.74) is 0.794. The van der Waals surface area contributed by atoms with Gasteiger partial charge in [-0.05, 0) is 24.6 Å². The fourth-order valence-corrected chi connectivity index (χ4v) is 2.53. The van der Waals surface area contributed by atoms with Crippen LogP contribution in [0.5, 0.6) is 0 Å². The maximum Gasteiger partial charge on any atom is 0.284 e. The molecule has 130 valence electrons. The topological polar surface area (TPSA) is 66.0 Å². The lowest BCUT2D eigenvalue weighted by Crippen LogP contribution is -2.27. The second-order valence-corrected chi connectivity index (χ2v) is 6.13. The lowest BCUT2D eigenvalue weighted by atomic mass is 10.1. The molecule has 1 atom stereocenters. The zero-order valence-corrected chi connectivity index (χ0v) is 14.2. The zero-order chi connectivity index (χ0) is 18.2. The highest BCUT2D eigenvalue weighted by atomic mass is 32.2. The van der Waals surface area contributed by atoms with Crippen LogP contribution in [0.1, 0.15) is 30.0 Å². The van der Waals surface area contributed by atoms with Gasteiger partial charge >= 0.3 is 0 Å². The van der Waals surface area contributed by atoms with Gasteiger partial charge in [0.2, 0.25) is 0 Å². The Balaban J connectivity index is 2.04. The van der Waals surface area contributed by atoms with Crippen LogP contribution in [-0.2, 0) is 10.5 Å². The summed E-state index contributed by atoms with van der Waals surface area (Å²) in [5.74, 6) is -2.37. The Kier molecular flexibility index (Phi) is 6.78. The monoisotopic (exact) mass is 362 g/mol. The number of alkyl halides is 2. The molecule has 1 aromatic heterocycles. The summed E-state index contributed by atoms with van der Waals surface area (Å²) in [5, 5.41) is 11.9. The molecule has 1 aromatic carbocycles. The number of benzene rings is 1. The van der Waals surface area contributed by atoms with Crippen molar-refractivity contribution in [3.63, 3.8) is 0 Å². The van der Waals surface area contributed by atoms with Crippen LogP contribution in [0, 0.1) is 11.3 Å². The van der Waals surface area contributed by atoms with Crippen LogP contribution in [0.25, 0.3) is 6.08 Å². The summed E-state index contributed by atoms with van der Waals surface area (Å²) in [6.07, 6.45) is 1.30. The quantitative estimate of drug-likeness (QED) is 0.581. The Morgan fingerprint density at radius 1 is 1.32 bits per heavy atom. The molecule has 0 saturated carbocycles. The lowest BCUT2D eigenvalue weighted by molar-refractivity contribution is -0.117. The number of nitrogens with one attached hydrogen (secondary N) is 1. The first kappa shape index (κ1) is 18.7. The third kappa shape index (κ3) is 5.76. The van der Waals surface area contributed by atoms with E-state index >= 15 is 0 Å². The maximum atomic E-state index is 12.2. The third-order valence-electron chi connectivity index (χ3n) is 3.33. The van der Waals surface area contributed by atoms with Crippen molar-refractivity contribution < 1.29 is 18.0 Å². The van der Waals surface area contributed by atoms with Crippen molar-refractivity contribution in [3.05, 3.63) is 65.1 Å². The van der Waals surface area contributed by atoms with Gasteiger partial charge in [0, 0.05) is 6.08 Å². The van der Waals surface area contributed by atoms with Gasteiger partial charge in [-0.15, -0.1) is 0 Å². The molecule has 0 aliphatic rings. The van der Waals surface area contributed by atoms with Crippen LogP contribution in [0.2, 0.25) is 0 Å². The first-order valence-electron chi connectivity index (χ1n) is 7.45. The molecule has 2 aromatic rings. The molecule has 0 aliphatic heterocycles. The van der Waals surface area contributed by atoms with Crippen LogP contribution >= 0.6 is 11.8 Å². The minimum atomic E-state index is -2.48. The molecule has 0 saturated heterocycles. The highest BCUT2D eigenvalue weighted by Gasteiger charge is 2.14. The molecule has 7 heteroatoms. The number of amides is 1. The molecule has 1 heterocycles. The van der Waals surface area contributed by atoms with E-state index in [1.165, 1.54) is 12.1 Å². The van der Waals surface area contributed by atoms with Crippen molar-refractivity contribution in [1.82, 2.24) is 5.32 Å². The number of nitrogens with zero attached hydrogens (tertiary/aromatic N) is 1. The first-order chi connectivity index (χ1) is 12.0. The number of hydrogen-bond acceptors (Lipinski definition) is 4. The van der Waals surface area contributed by atoms with E-state index in [1.54, 1.807) is 6.07 Å². The molecule has 1 amide bonds. The normalized spacial score (nSPS) is 12.7. The Labute approximate surface area is 148 Å². The summed E-state index contributed by atoms with van der Waals surface area (Å²) in [6, 6.07) is 14.0. The molecule has 0 spiro atoms. The van der Waals surface area contributed by atoms with Gasteiger partial charge in [-0.1, -0.05) is 42.1 Å². The number of nitriles is 1. The van der Waals surface area contributed by atoms with E-state index in [1.807, 2.05) is 43.3 Å². The number of halogens is 2. The Morgan fingerprint density at radius 3 is 2.68 bits per heavy atom. The smallest absolute Gasteiger partial charge is 0.284 e. The number of thioether (sulfide) groups is 1. The highest BCUT2D eigenvalue weighted by Crippen LogP contribution is 2.22. The number of rotatable bonds is 7. The summed E-state index contributed by atoms with van der Waals surface area (Å²) < 4.78 is 29.7. The minimum Gasteiger partial charge on any atom is -0.461 e. The molecule has 0 bridgehead atoms. The molecular weight excluding hydrogens is 346 g/mol. The Morgan fingerprint density at radius 2 is 2.04 bits per heavy atom. The van der Waals surface area contributed by atoms with Gasteiger partial charge in [0.05, 0.1) is 11.8 Å². The van der Waals surface area contributed by atoms with Crippen molar-refractivity contribution in [1.29, 1.82) is 5.26 Å². The molecule has 0 fully saturated rings. The molecule has 0 radical (unpaired) electrons. The fourth-order valence-electron chi connectivity index (χ4n) is 2.09. The summed E-state index contributed by atoms with van der Waals surface area (Å²) in [4.78, 5) is 12.2. The standard InChI is InChI=1S/C18H16F2N2O2S/c1-12(13-5-3-2-4-6-13)22-17(23)14(10-21)9-15-7-8-16(24-15)11-25-18(19)20/h2-9,12,18H,11H2,1H3,(H,22,23)/b14-9+/t12-/m0/s1. The summed E-state index contributed by atoms with van der Waals surface area (Å²) in [7, 11) is 0. The predicted molar refractivity (Wildman–Crippen MR) is 92.6 cm³/mol. The SMILES string of the molecule is C[C@H](NC(=O)/C(C#N)=C/c1ccc(CSC(F)F)o1)c1ccccc1.